The highest BCUT2D eigenvalue weighted by Gasteiger charge is 2.23. The van der Waals surface area contributed by atoms with Crippen LogP contribution in [0.5, 0.6) is 0 Å². The summed E-state index contributed by atoms with van der Waals surface area (Å²) in [6, 6.07) is 0.525. The van der Waals surface area contributed by atoms with Gasteiger partial charge in [-0.1, -0.05) is 26.7 Å². The van der Waals surface area contributed by atoms with Crippen LogP contribution in [0.15, 0.2) is 4.99 Å². The molecule has 0 aromatic carbocycles. The molecular weight excluding hydrogens is 465 g/mol. The van der Waals surface area contributed by atoms with E-state index in [9.17, 15) is 0 Å². The number of piperidine rings is 1. The van der Waals surface area contributed by atoms with Crippen LogP contribution < -0.4 is 10.6 Å². The van der Waals surface area contributed by atoms with Crippen LogP contribution in [0.2, 0.25) is 0 Å². The van der Waals surface area contributed by atoms with Crippen molar-refractivity contribution in [3.8, 4) is 0 Å². The van der Waals surface area contributed by atoms with Crippen LogP contribution in [0.25, 0.3) is 0 Å². The van der Waals surface area contributed by atoms with Gasteiger partial charge in [0.1, 0.15) is 0 Å². The fraction of sp³-hybridized carbons (Fsp3) is 0.952. The van der Waals surface area contributed by atoms with Gasteiger partial charge in [-0.15, -0.1) is 24.0 Å². The molecule has 0 saturated carbocycles. The largest absolute Gasteiger partial charge is 0.379 e. The summed E-state index contributed by atoms with van der Waals surface area (Å²) in [6.07, 6.45) is 8.04. The highest BCUT2D eigenvalue weighted by Crippen LogP contribution is 2.12. The number of halogens is 1. The molecule has 1 atom stereocenters. The lowest BCUT2D eigenvalue weighted by Crippen LogP contribution is -2.52. The Balaban J connectivity index is 0.00000392. The predicted molar refractivity (Wildman–Crippen MR) is 130 cm³/mol. The number of nitrogens with one attached hydrogen (secondary N) is 2. The maximum atomic E-state index is 5.50. The summed E-state index contributed by atoms with van der Waals surface area (Å²) in [5.74, 6) is 1.55. The molecule has 0 aromatic rings. The van der Waals surface area contributed by atoms with Gasteiger partial charge < -0.3 is 20.3 Å². The zero-order valence-electron chi connectivity index (χ0n) is 18.4. The first-order valence-corrected chi connectivity index (χ1v) is 11.2. The second kappa shape index (κ2) is 15.7. The lowest BCUT2D eigenvalue weighted by atomic mass is 10.0. The number of likely N-dealkylation sites (tertiary alicyclic amines) is 1. The molecule has 2 heterocycles. The molecule has 6 nitrogen and oxygen atoms in total. The number of nitrogens with zero attached hydrogens (tertiary/aromatic N) is 3. The first-order valence-electron chi connectivity index (χ1n) is 11.2. The third-order valence-electron chi connectivity index (χ3n) is 5.88. The Morgan fingerprint density at radius 2 is 1.68 bits per heavy atom. The number of unbranched alkanes of at least 4 members (excludes halogenated alkanes) is 2. The predicted octanol–water partition coefficient (Wildman–Crippen LogP) is 2.78. The zero-order valence-corrected chi connectivity index (χ0v) is 20.7. The van der Waals surface area contributed by atoms with Crippen molar-refractivity contribution in [2.75, 3.05) is 66.1 Å². The van der Waals surface area contributed by atoms with Gasteiger partial charge in [-0.05, 0) is 51.2 Å². The van der Waals surface area contributed by atoms with Gasteiger partial charge in [-0.25, -0.2) is 0 Å². The van der Waals surface area contributed by atoms with E-state index in [1.165, 1.54) is 58.2 Å². The Morgan fingerprint density at radius 1 is 0.964 bits per heavy atom. The molecule has 2 aliphatic rings. The Hall–Kier alpha value is -0.120. The summed E-state index contributed by atoms with van der Waals surface area (Å²) in [4.78, 5) is 9.58. The van der Waals surface area contributed by atoms with E-state index in [-0.39, 0.29) is 24.0 Å². The molecule has 1 unspecified atom stereocenters. The fourth-order valence-corrected chi connectivity index (χ4v) is 4.14. The van der Waals surface area contributed by atoms with Gasteiger partial charge >= 0.3 is 0 Å². The number of rotatable bonds is 10. The average molecular weight is 510 g/mol. The number of ether oxygens (including phenoxy) is 1. The maximum absolute atomic E-state index is 5.50. The zero-order chi connectivity index (χ0) is 19.3. The highest BCUT2D eigenvalue weighted by atomic mass is 127. The van der Waals surface area contributed by atoms with Gasteiger partial charge in [0.25, 0.3) is 0 Å². The normalized spacial score (nSPS) is 20.6. The van der Waals surface area contributed by atoms with E-state index in [1.54, 1.807) is 0 Å². The average Bonchev–Trinajstić information content (AvgIpc) is 2.70. The van der Waals surface area contributed by atoms with Gasteiger partial charge in [-0.2, -0.15) is 0 Å². The minimum absolute atomic E-state index is 0. The minimum Gasteiger partial charge on any atom is -0.379 e. The molecule has 166 valence electrons. The molecule has 0 amide bonds. The minimum atomic E-state index is 0. The van der Waals surface area contributed by atoms with Crippen LogP contribution in [0.3, 0.4) is 0 Å². The lowest BCUT2D eigenvalue weighted by Gasteiger charge is -2.37. The van der Waals surface area contributed by atoms with Crippen molar-refractivity contribution in [3.05, 3.63) is 0 Å². The molecule has 2 aliphatic heterocycles. The van der Waals surface area contributed by atoms with Crippen LogP contribution in [0.1, 0.15) is 52.4 Å². The van der Waals surface area contributed by atoms with Gasteiger partial charge in [0.15, 0.2) is 5.96 Å². The second-order valence-corrected chi connectivity index (χ2v) is 8.30. The monoisotopic (exact) mass is 509 g/mol. The molecule has 0 aromatic heterocycles. The van der Waals surface area contributed by atoms with Crippen molar-refractivity contribution in [2.45, 2.75) is 58.4 Å². The fourth-order valence-electron chi connectivity index (χ4n) is 4.14. The van der Waals surface area contributed by atoms with E-state index < -0.39 is 0 Å². The first-order chi connectivity index (χ1) is 13.2. The van der Waals surface area contributed by atoms with E-state index in [0.717, 1.165) is 45.4 Å². The van der Waals surface area contributed by atoms with E-state index in [1.807, 2.05) is 7.05 Å². The lowest BCUT2D eigenvalue weighted by molar-refractivity contribution is 0.00752. The van der Waals surface area contributed by atoms with Crippen LogP contribution >= 0.6 is 24.0 Å². The van der Waals surface area contributed by atoms with Crippen LogP contribution in [-0.4, -0.2) is 87.9 Å². The Labute approximate surface area is 190 Å². The highest BCUT2D eigenvalue weighted by molar-refractivity contribution is 14.0. The van der Waals surface area contributed by atoms with Crippen molar-refractivity contribution in [1.82, 2.24) is 20.4 Å². The Kier molecular flexibility index (Phi) is 14.5. The molecule has 0 radical (unpaired) electrons. The third-order valence-corrected chi connectivity index (χ3v) is 5.88. The Bertz CT molecular complexity index is 410. The first kappa shape index (κ1) is 25.9. The topological polar surface area (TPSA) is 52.1 Å². The standard InChI is InChI=1S/C21H43N5O.HI/c1-19(2)20(26-14-16-27-17-15-26)18-24-21(22-3)23-10-6-4-7-11-25-12-8-5-9-13-25;/h19-20H,4-18H2,1-3H3,(H2,22,23,24);1H. The van der Waals surface area contributed by atoms with E-state index in [0.29, 0.717) is 12.0 Å². The second-order valence-electron chi connectivity index (χ2n) is 8.30. The van der Waals surface area contributed by atoms with Gasteiger partial charge in [0.2, 0.25) is 0 Å². The smallest absolute Gasteiger partial charge is 0.191 e. The van der Waals surface area contributed by atoms with Crippen molar-refractivity contribution in [3.63, 3.8) is 0 Å². The quantitative estimate of drug-likeness (QED) is 0.205. The SMILES string of the molecule is CN=C(NCCCCCN1CCCCC1)NCC(C(C)C)N1CCOCC1.I. The summed E-state index contributed by atoms with van der Waals surface area (Å²) in [7, 11) is 1.87. The number of hydrogen-bond donors (Lipinski definition) is 2. The number of morpholine rings is 1. The van der Waals surface area contributed by atoms with Gasteiger partial charge in [-0.3, -0.25) is 9.89 Å². The molecule has 7 heteroatoms. The molecule has 2 saturated heterocycles. The molecule has 0 bridgehead atoms. The number of aliphatic imine (C=N–C) groups is 1. The third kappa shape index (κ3) is 10.1. The summed E-state index contributed by atoms with van der Waals surface area (Å²) in [5, 5.41) is 7.03. The molecule has 0 aliphatic carbocycles. The summed E-state index contributed by atoms with van der Waals surface area (Å²) >= 11 is 0. The summed E-state index contributed by atoms with van der Waals surface area (Å²) in [6.45, 7) is 14.2. The maximum Gasteiger partial charge on any atom is 0.191 e. The van der Waals surface area contributed by atoms with Crippen LogP contribution in [-0.2, 0) is 4.74 Å². The van der Waals surface area contributed by atoms with Crippen molar-refractivity contribution >= 4 is 29.9 Å². The molecule has 0 spiro atoms. The van der Waals surface area contributed by atoms with Crippen molar-refractivity contribution in [1.29, 1.82) is 0 Å². The van der Waals surface area contributed by atoms with E-state index in [4.69, 9.17) is 4.74 Å². The number of guanidine groups is 1. The molecule has 2 rings (SSSR count). The molecule has 2 N–H and O–H groups in total. The summed E-state index contributed by atoms with van der Waals surface area (Å²) < 4.78 is 5.50. The summed E-state index contributed by atoms with van der Waals surface area (Å²) in [5.41, 5.74) is 0. The van der Waals surface area contributed by atoms with Crippen molar-refractivity contribution < 1.29 is 4.74 Å². The molecular formula is C21H44IN5O. The van der Waals surface area contributed by atoms with E-state index >= 15 is 0 Å². The van der Waals surface area contributed by atoms with Crippen LogP contribution in [0.4, 0.5) is 0 Å². The van der Waals surface area contributed by atoms with E-state index in [2.05, 4.69) is 39.3 Å². The van der Waals surface area contributed by atoms with Gasteiger partial charge in [0, 0.05) is 39.3 Å². The number of hydrogen-bond acceptors (Lipinski definition) is 4. The Morgan fingerprint density at radius 3 is 2.32 bits per heavy atom. The molecule has 2 fully saturated rings. The molecule has 28 heavy (non-hydrogen) atoms. The van der Waals surface area contributed by atoms with Gasteiger partial charge in [0.05, 0.1) is 13.2 Å². The van der Waals surface area contributed by atoms with Crippen LogP contribution in [0, 0.1) is 5.92 Å². The van der Waals surface area contributed by atoms with Crippen molar-refractivity contribution in [2.24, 2.45) is 10.9 Å².